The number of amides is 1. The van der Waals surface area contributed by atoms with Gasteiger partial charge < -0.3 is 19.9 Å². The predicted molar refractivity (Wildman–Crippen MR) is 103 cm³/mol. The second-order valence-corrected chi connectivity index (χ2v) is 5.69. The third kappa shape index (κ3) is 6.57. The molecule has 1 saturated heterocycles. The largest absolute Gasteiger partial charge is 0.490 e. The molecule has 1 aromatic carbocycles. The average Bonchev–Trinajstić information content (AvgIpc) is 3.22. The quantitative estimate of drug-likeness (QED) is 0.767. The average molecular weight is 387 g/mol. The van der Waals surface area contributed by atoms with Gasteiger partial charge in [0.15, 0.2) is 0 Å². The molecule has 1 amide bonds. The third-order valence-corrected chi connectivity index (χ3v) is 3.92. The van der Waals surface area contributed by atoms with Crippen LogP contribution in [0.5, 0.6) is 5.75 Å². The van der Waals surface area contributed by atoms with Crippen LogP contribution in [0.25, 0.3) is 0 Å². The maximum atomic E-state index is 12.2. The maximum Gasteiger partial charge on any atom is 0.226 e. The number of ether oxygens (including phenoxy) is 1. The van der Waals surface area contributed by atoms with E-state index in [2.05, 4.69) is 15.6 Å². The fraction of sp³-hybridized carbons (Fsp3) is 0.412. The Morgan fingerprint density at radius 2 is 2.20 bits per heavy atom. The molecule has 3 rings (SSSR count). The summed E-state index contributed by atoms with van der Waals surface area (Å²) in [4.78, 5) is 16.2. The number of carbonyl (C=O) groups is 1. The van der Waals surface area contributed by atoms with Crippen molar-refractivity contribution in [2.75, 3.05) is 18.5 Å². The van der Waals surface area contributed by atoms with Crippen molar-refractivity contribution in [1.82, 2.24) is 14.9 Å². The van der Waals surface area contributed by atoms with E-state index in [-0.39, 0.29) is 30.7 Å². The van der Waals surface area contributed by atoms with Crippen molar-refractivity contribution in [3.63, 3.8) is 0 Å². The lowest BCUT2D eigenvalue weighted by molar-refractivity contribution is -0.116. The molecule has 25 heavy (non-hydrogen) atoms. The van der Waals surface area contributed by atoms with Crippen LogP contribution in [0.3, 0.4) is 0 Å². The molecule has 2 aromatic rings. The number of aromatic nitrogens is 2. The van der Waals surface area contributed by atoms with Crippen molar-refractivity contribution in [2.24, 2.45) is 0 Å². The fourth-order valence-electron chi connectivity index (χ4n) is 2.73. The van der Waals surface area contributed by atoms with Crippen molar-refractivity contribution in [3.8, 4) is 5.75 Å². The SMILES string of the molecule is Cl.Cl.O=C(CC1CCCN1)Nc1ccccc1OCCn1ccnc1. The molecule has 1 atom stereocenters. The lowest BCUT2D eigenvalue weighted by atomic mass is 10.1. The molecule has 0 radical (unpaired) electrons. The molecule has 1 aromatic heterocycles. The Balaban J connectivity index is 0.00000156. The standard InChI is InChI=1S/C17H22N4O2.2ClH/c22-17(12-14-4-3-7-19-14)20-15-5-1-2-6-16(15)23-11-10-21-9-8-18-13-21;;/h1-2,5-6,8-9,13-14,19H,3-4,7,10-12H2,(H,20,22);2*1H. The molecule has 6 nitrogen and oxygen atoms in total. The Morgan fingerprint density at radius 3 is 2.92 bits per heavy atom. The number of benzene rings is 1. The number of anilines is 1. The van der Waals surface area contributed by atoms with Gasteiger partial charge in [-0.15, -0.1) is 24.8 Å². The first kappa shape index (κ1) is 21.3. The van der Waals surface area contributed by atoms with Gasteiger partial charge in [0.1, 0.15) is 12.4 Å². The first-order chi connectivity index (χ1) is 11.3. The van der Waals surface area contributed by atoms with Crippen LogP contribution in [0.4, 0.5) is 5.69 Å². The van der Waals surface area contributed by atoms with Crippen LogP contribution in [-0.2, 0) is 11.3 Å². The molecule has 1 fully saturated rings. The number of carbonyl (C=O) groups excluding carboxylic acids is 1. The van der Waals surface area contributed by atoms with E-state index < -0.39 is 0 Å². The van der Waals surface area contributed by atoms with Crippen molar-refractivity contribution >= 4 is 36.4 Å². The number of halogens is 2. The number of hydrogen-bond donors (Lipinski definition) is 2. The second kappa shape index (κ2) is 11.0. The van der Waals surface area contributed by atoms with Gasteiger partial charge >= 0.3 is 0 Å². The van der Waals surface area contributed by atoms with Gasteiger partial charge in [0.05, 0.1) is 18.6 Å². The highest BCUT2D eigenvalue weighted by Gasteiger charge is 2.18. The van der Waals surface area contributed by atoms with E-state index in [0.29, 0.717) is 31.4 Å². The van der Waals surface area contributed by atoms with Crippen LogP contribution in [0.15, 0.2) is 43.0 Å². The summed E-state index contributed by atoms with van der Waals surface area (Å²) in [5, 5.41) is 6.30. The lowest BCUT2D eigenvalue weighted by Gasteiger charge is -2.14. The van der Waals surface area contributed by atoms with Gasteiger partial charge in [-0.05, 0) is 31.5 Å². The molecule has 1 aliphatic heterocycles. The summed E-state index contributed by atoms with van der Waals surface area (Å²) >= 11 is 0. The van der Waals surface area contributed by atoms with Crippen molar-refractivity contribution in [2.45, 2.75) is 31.8 Å². The van der Waals surface area contributed by atoms with E-state index in [1.165, 1.54) is 0 Å². The van der Waals surface area contributed by atoms with Crippen LogP contribution in [-0.4, -0.2) is 34.7 Å². The Bertz CT molecular complexity index is 631. The number of nitrogens with one attached hydrogen (secondary N) is 2. The van der Waals surface area contributed by atoms with Gasteiger partial charge in [-0.1, -0.05) is 12.1 Å². The zero-order valence-electron chi connectivity index (χ0n) is 13.9. The number of rotatable bonds is 7. The first-order valence-electron chi connectivity index (χ1n) is 8.02. The molecule has 2 N–H and O–H groups in total. The summed E-state index contributed by atoms with van der Waals surface area (Å²) in [6.07, 6.45) is 8.11. The normalized spacial score (nSPS) is 15.8. The van der Waals surface area contributed by atoms with Crippen LogP contribution in [0.2, 0.25) is 0 Å². The van der Waals surface area contributed by atoms with E-state index in [1.54, 1.807) is 12.5 Å². The summed E-state index contributed by atoms with van der Waals surface area (Å²) in [5.41, 5.74) is 0.723. The Hall–Kier alpha value is -1.76. The van der Waals surface area contributed by atoms with E-state index in [0.717, 1.165) is 25.1 Å². The first-order valence-corrected chi connectivity index (χ1v) is 8.02. The van der Waals surface area contributed by atoms with Crippen molar-refractivity contribution in [1.29, 1.82) is 0 Å². The molecular formula is C17H24Cl2N4O2. The number of imidazole rings is 1. The zero-order chi connectivity index (χ0) is 15.9. The van der Waals surface area contributed by atoms with Crippen LogP contribution in [0, 0.1) is 0 Å². The van der Waals surface area contributed by atoms with Crippen molar-refractivity contribution in [3.05, 3.63) is 43.0 Å². The lowest BCUT2D eigenvalue weighted by Crippen LogP contribution is -2.27. The van der Waals surface area contributed by atoms with Crippen molar-refractivity contribution < 1.29 is 9.53 Å². The van der Waals surface area contributed by atoms with E-state index in [9.17, 15) is 4.79 Å². The Kier molecular flexibility index (Phi) is 9.34. The molecule has 1 unspecified atom stereocenters. The minimum Gasteiger partial charge on any atom is -0.490 e. The molecule has 2 heterocycles. The molecule has 0 bridgehead atoms. The number of para-hydroxylation sites is 2. The predicted octanol–water partition coefficient (Wildman–Crippen LogP) is 2.89. The minimum absolute atomic E-state index is 0. The summed E-state index contributed by atoms with van der Waals surface area (Å²) in [6.45, 7) is 2.24. The molecule has 0 spiro atoms. The van der Waals surface area contributed by atoms with E-state index in [1.807, 2.05) is 35.0 Å². The van der Waals surface area contributed by atoms with E-state index in [4.69, 9.17) is 4.74 Å². The van der Waals surface area contributed by atoms with Gasteiger partial charge in [0.2, 0.25) is 5.91 Å². The van der Waals surface area contributed by atoms with Crippen LogP contribution in [0.1, 0.15) is 19.3 Å². The molecule has 138 valence electrons. The van der Waals surface area contributed by atoms with Gasteiger partial charge in [0.25, 0.3) is 0 Å². The number of hydrogen-bond acceptors (Lipinski definition) is 4. The zero-order valence-corrected chi connectivity index (χ0v) is 15.5. The minimum atomic E-state index is 0. The summed E-state index contributed by atoms with van der Waals surface area (Å²) in [6, 6.07) is 7.83. The summed E-state index contributed by atoms with van der Waals surface area (Å²) in [7, 11) is 0. The Morgan fingerprint density at radius 1 is 1.36 bits per heavy atom. The molecule has 1 aliphatic rings. The smallest absolute Gasteiger partial charge is 0.226 e. The summed E-state index contributed by atoms with van der Waals surface area (Å²) in [5.74, 6) is 0.718. The molecule has 0 saturated carbocycles. The monoisotopic (exact) mass is 386 g/mol. The highest BCUT2D eigenvalue weighted by molar-refractivity contribution is 5.92. The molecule has 8 heteroatoms. The third-order valence-electron chi connectivity index (χ3n) is 3.92. The van der Waals surface area contributed by atoms with Gasteiger partial charge in [-0.25, -0.2) is 4.98 Å². The van der Waals surface area contributed by atoms with E-state index >= 15 is 0 Å². The highest BCUT2D eigenvalue weighted by atomic mass is 35.5. The van der Waals surface area contributed by atoms with Crippen LogP contribution >= 0.6 is 24.8 Å². The topological polar surface area (TPSA) is 68.2 Å². The van der Waals surface area contributed by atoms with Gasteiger partial charge in [0, 0.05) is 24.9 Å². The fourth-order valence-corrected chi connectivity index (χ4v) is 2.73. The highest BCUT2D eigenvalue weighted by Crippen LogP contribution is 2.24. The van der Waals surface area contributed by atoms with Crippen LogP contribution < -0.4 is 15.4 Å². The maximum absolute atomic E-state index is 12.2. The molecule has 0 aliphatic carbocycles. The van der Waals surface area contributed by atoms with Gasteiger partial charge in [-0.3, -0.25) is 4.79 Å². The Labute approximate surface area is 160 Å². The molecular weight excluding hydrogens is 363 g/mol. The van der Waals surface area contributed by atoms with Gasteiger partial charge in [-0.2, -0.15) is 0 Å². The second-order valence-electron chi connectivity index (χ2n) is 5.69. The summed E-state index contributed by atoms with van der Waals surface area (Å²) < 4.78 is 7.75. The number of nitrogens with zero attached hydrogens (tertiary/aromatic N) is 2.